The van der Waals surface area contributed by atoms with Crippen molar-refractivity contribution in [1.82, 2.24) is 10.2 Å². The summed E-state index contributed by atoms with van der Waals surface area (Å²) in [5.74, 6) is 0. The molecular weight excluding hydrogens is 316 g/mol. The van der Waals surface area contributed by atoms with Crippen LogP contribution < -0.4 is 5.32 Å². The van der Waals surface area contributed by atoms with Gasteiger partial charge < -0.3 is 10.1 Å². The Kier molecular flexibility index (Phi) is 7.00. The van der Waals surface area contributed by atoms with Gasteiger partial charge in [0.2, 0.25) is 0 Å². The van der Waals surface area contributed by atoms with E-state index in [-0.39, 0.29) is 0 Å². The van der Waals surface area contributed by atoms with E-state index in [1.165, 1.54) is 18.5 Å². The molecule has 0 aliphatic carbocycles. The number of benzene rings is 1. The lowest BCUT2D eigenvalue weighted by molar-refractivity contribution is 0.0374. The number of halogens is 1. The van der Waals surface area contributed by atoms with E-state index in [9.17, 15) is 0 Å². The normalized spacial score (nSPS) is 18.1. The maximum absolute atomic E-state index is 5.36. The lowest BCUT2D eigenvalue weighted by Crippen LogP contribution is -2.38. The predicted molar refractivity (Wildman–Crippen MR) is 87.2 cm³/mol. The van der Waals surface area contributed by atoms with Gasteiger partial charge in [-0.05, 0) is 50.6 Å². The summed E-state index contributed by atoms with van der Waals surface area (Å²) in [4.78, 5) is 2.49. The molecule has 1 unspecified atom stereocenters. The molecule has 0 spiro atoms. The highest BCUT2D eigenvalue weighted by Gasteiger charge is 2.09. The summed E-state index contributed by atoms with van der Waals surface area (Å²) in [5, 5.41) is 3.62. The van der Waals surface area contributed by atoms with Crippen molar-refractivity contribution in [1.29, 1.82) is 0 Å². The van der Waals surface area contributed by atoms with Crippen molar-refractivity contribution in [2.24, 2.45) is 0 Å². The lowest BCUT2D eigenvalue weighted by Gasteiger charge is -2.26. The fraction of sp³-hybridized carbons (Fsp3) is 0.625. The highest BCUT2D eigenvalue weighted by molar-refractivity contribution is 9.10. The minimum atomic E-state index is 0.529. The molecule has 0 bridgehead atoms. The van der Waals surface area contributed by atoms with Gasteiger partial charge in [-0.1, -0.05) is 28.1 Å². The summed E-state index contributed by atoms with van der Waals surface area (Å²) in [6.07, 6.45) is 2.30. The highest BCUT2D eigenvalue weighted by Crippen LogP contribution is 2.11. The van der Waals surface area contributed by atoms with E-state index >= 15 is 0 Å². The molecule has 1 heterocycles. The number of hydrogen-bond donors (Lipinski definition) is 1. The zero-order valence-electron chi connectivity index (χ0n) is 12.3. The number of ether oxygens (including phenoxy) is 1. The molecule has 0 aromatic heterocycles. The average Bonchev–Trinajstić information content (AvgIpc) is 2.47. The molecule has 0 saturated carbocycles. The smallest absolute Gasteiger partial charge is 0.0594 e. The Morgan fingerprint density at radius 1 is 1.25 bits per heavy atom. The Balaban J connectivity index is 1.57. The largest absolute Gasteiger partial charge is 0.379 e. The SMILES string of the molecule is CC(Cc1ccc(Br)cc1)NCCCN1CCOCC1. The maximum Gasteiger partial charge on any atom is 0.0594 e. The van der Waals surface area contributed by atoms with Gasteiger partial charge in [-0.25, -0.2) is 0 Å². The van der Waals surface area contributed by atoms with Gasteiger partial charge in [-0.15, -0.1) is 0 Å². The number of rotatable bonds is 7. The third kappa shape index (κ3) is 5.92. The Hall–Kier alpha value is -0.420. The monoisotopic (exact) mass is 340 g/mol. The van der Waals surface area contributed by atoms with Gasteiger partial charge in [0.15, 0.2) is 0 Å². The zero-order valence-corrected chi connectivity index (χ0v) is 13.9. The molecule has 20 heavy (non-hydrogen) atoms. The van der Waals surface area contributed by atoms with Crippen LogP contribution in [0.1, 0.15) is 18.9 Å². The second kappa shape index (κ2) is 8.78. The molecule has 1 saturated heterocycles. The van der Waals surface area contributed by atoms with Crippen LogP contribution in [0.25, 0.3) is 0 Å². The molecule has 2 rings (SSSR count). The van der Waals surface area contributed by atoms with Crippen molar-refractivity contribution in [3.05, 3.63) is 34.3 Å². The number of nitrogens with one attached hydrogen (secondary N) is 1. The van der Waals surface area contributed by atoms with Crippen LogP contribution >= 0.6 is 15.9 Å². The van der Waals surface area contributed by atoms with Gasteiger partial charge in [0.05, 0.1) is 13.2 Å². The van der Waals surface area contributed by atoms with Crippen molar-refractivity contribution in [2.45, 2.75) is 25.8 Å². The fourth-order valence-corrected chi connectivity index (χ4v) is 2.79. The number of nitrogens with zero attached hydrogens (tertiary/aromatic N) is 1. The molecule has 1 N–H and O–H groups in total. The van der Waals surface area contributed by atoms with Gasteiger partial charge in [0.1, 0.15) is 0 Å². The third-order valence-electron chi connectivity index (χ3n) is 3.70. The quantitative estimate of drug-likeness (QED) is 0.772. The van der Waals surface area contributed by atoms with E-state index in [4.69, 9.17) is 4.74 Å². The molecular formula is C16H25BrN2O. The third-order valence-corrected chi connectivity index (χ3v) is 4.23. The van der Waals surface area contributed by atoms with Crippen LogP contribution in [0, 0.1) is 0 Å². The highest BCUT2D eigenvalue weighted by atomic mass is 79.9. The van der Waals surface area contributed by atoms with Crippen molar-refractivity contribution in [3.8, 4) is 0 Å². The van der Waals surface area contributed by atoms with E-state index in [0.717, 1.165) is 43.7 Å². The molecule has 0 radical (unpaired) electrons. The van der Waals surface area contributed by atoms with Crippen LogP contribution in [0.15, 0.2) is 28.7 Å². The molecule has 1 atom stereocenters. The van der Waals surface area contributed by atoms with Crippen LogP contribution in [0.4, 0.5) is 0 Å². The van der Waals surface area contributed by atoms with E-state index in [1.54, 1.807) is 0 Å². The summed E-state index contributed by atoms with van der Waals surface area (Å²) in [6.45, 7) is 8.51. The Bertz CT molecular complexity index is 377. The van der Waals surface area contributed by atoms with Crippen LogP contribution in [-0.2, 0) is 11.2 Å². The summed E-state index contributed by atoms with van der Waals surface area (Å²) in [6, 6.07) is 9.13. The zero-order chi connectivity index (χ0) is 14.2. The standard InChI is InChI=1S/C16H25BrN2O/c1-14(13-15-3-5-16(17)6-4-15)18-7-2-8-19-9-11-20-12-10-19/h3-6,14,18H,2,7-13H2,1H3. The second-order valence-electron chi connectivity index (χ2n) is 5.49. The van der Waals surface area contributed by atoms with Crippen LogP contribution in [0.3, 0.4) is 0 Å². The first kappa shape index (κ1) is 16.0. The van der Waals surface area contributed by atoms with Crippen molar-refractivity contribution < 1.29 is 4.74 Å². The fourth-order valence-electron chi connectivity index (χ4n) is 2.52. The van der Waals surface area contributed by atoms with E-state index < -0.39 is 0 Å². The number of hydrogen-bond acceptors (Lipinski definition) is 3. The molecule has 1 fully saturated rings. The summed E-state index contributed by atoms with van der Waals surface area (Å²) >= 11 is 3.47. The molecule has 112 valence electrons. The van der Waals surface area contributed by atoms with E-state index in [2.05, 4.69) is 57.3 Å². The summed E-state index contributed by atoms with van der Waals surface area (Å²) in [7, 11) is 0. The van der Waals surface area contributed by atoms with Crippen LogP contribution in [0.5, 0.6) is 0 Å². The molecule has 1 aliphatic heterocycles. The summed E-state index contributed by atoms with van der Waals surface area (Å²) in [5.41, 5.74) is 1.39. The van der Waals surface area contributed by atoms with Gasteiger partial charge in [0.25, 0.3) is 0 Å². The van der Waals surface area contributed by atoms with Crippen LogP contribution in [-0.4, -0.2) is 50.3 Å². The first-order valence-electron chi connectivity index (χ1n) is 7.52. The van der Waals surface area contributed by atoms with Crippen molar-refractivity contribution in [2.75, 3.05) is 39.4 Å². The molecule has 1 aromatic carbocycles. The predicted octanol–water partition coefficient (Wildman–Crippen LogP) is 2.69. The molecule has 1 aliphatic rings. The Morgan fingerprint density at radius 3 is 2.65 bits per heavy atom. The Morgan fingerprint density at radius 2 is 1.95 bits per heavy atom. The maximum atomic E-state index is 5.36. The van der Waals surface area contributed by atoms with Crippen LogP contribution in [0.2, 0.25) is 0 Å². The van der Waals surface area contributed by atoms with Crippen molar-refractivity contribution >= 4 is 15.9 Å². The van der Waals surface area contributed by atoms with Crippen molar-refractivity contribution in [3.63, 3.8) is 0 Å². The van der Waals surface area contributed by atoms with Gasteiger partial charge in [-0.3, -0.25) is 4.90 Å². The van der Waals surface area contributed by atoms with Gasteiger partial charge in [0, 0.05) is 23.6 Å². The first-order chi connectivity index (χ1) is 9.74. The topological polar surface area (TPSA) is 24.5 Å². The van der Waals surface area contributed by atoms with Gasteiger partial charge >= 0.3 is 0 Å². The molecule has 1 aromatic rings. The second-order valence-corrected chi connectivity index (χ2v) is 6.41. The molecule has 0 amide bonds. The van der Waals surface area contributed by atoms with E-state index in [0.29, 0.717) is 6.04 Å². The number of morpholine rings is 1. The lowest BCUT2D eigenvalue weighted by atomic mass is 10.1. The minimum absolute atomic E-state index is 0.529. The Labute approximate surface area is 130 Å². The van der Waals surface area contributed by atoms with Gasteiger partial charge in [-0.2, -0.15) is 0 Å². The minimum Gasteiger partial charge on any atom is -0.379 e. The first-order valence-corrected chi connectivity index (χ1v) is 8.31. The molecule has 4 heteroatoms. The average molecular weight is 341 g/mol. The van der Waals surface area contributed by atoms with E-state index in [1.807, 2.05) is 0 Å². The molecule has 3 nitrogen and oxygen atoms in total. The summed E-state index contributed by atoms with van der Waals surface area (Å²) < 4.78 is 6.50.